The fraction of sp³-hybridized carbons (Fsp3) is 0.200. The monoisotopic (exact) mass is 490 g/mol. The minimum Gasteiger partial charge on any atom is -0.329 e. The average molecular weight is 491 g/mol. The summed E-state index contributed by atoms with van der Waals surface area (Å²) in [5, 5.41) is 7.91. The maximum absolute atomic E-state index is 12.1. The Bertz CT molecular complexity index is 934. The molecule has 0 aromatic heterocycles. The van der Waals surface area contributed by atoms with Crippen molar-refractivity contribution in [3.63, 3.8) is 0 Å². The number of nitrogens with zero attached hydrogens (tertiary/aromatic N) is 1. The Morgan fingerprint density at radius 2 is 1.57 bits per heavy atom. The lowest BCUT2D eigenvalue weighted by Gasteiger charge is -2.12. The van der Waals surface area contributed by atoms with Crippen LogP contribution in [0.25, 0.3) is 0 Å². The first-order chi connectivity index (χ1) is 14.4. The first-order valence-electron chi connectivity index (χ1n) is 9.07. The number of amides is 5. The van der Waals surface area contributed by atoms with Crippen LogP contribution in [0.5, 0.6) is 0 Å². The summed E-state index contributed by atoms with van der Waals surface area (Å²) < 4.78 is 0.985. The van der Waals surface area contributed by atoms with Crippen molar-refractivity contribution in [3.05, 3.63) is 53.0 Å². The van der Waals surface area contributed by atoms with Gasteiger partial charge in [0.1, 0.15) is 0 Å². The topological polar surface area (TPSA) is 108 Å². The molecule has 3 rings (SSSR count). The molecule has 5 amide bonds. The number of halogens is 1. The van der Waals surface area contributed by atoms with E-state index in [-0.39, 0.29) is 43.0 Å². The third-order valence-corrected chi connectivity index (χ3v) is 5.68. The second-order valence-electron chi connectivity index (χ2n) is 6.37. The number of nitrogens with one attached hydrogen (secondary N) is 3. The highest BCUT2D eigenvalue weighted by Crippen LogP contribution is 2.21. The molecule has 3 N–H and O–H groups in total. The molecule has 1 heterocycles. The number of hydrogen-bond donors (Lipinski definition) is 3. The molecule has 1 saturated heterocycles. The SMILES string of the molecule is O=C(CCN1C(=O)CNC1=O)Nc1ccc(NC(=O)CSc2ccc(Br)cc2)cc1. The van der Waals surface area contributed by atoms with Gasteiger partial charge in [0.15, 0.2) is 0 Å². The molecule has 2 aromatic carbocycles. The summed E-state index contributed by atoms with van der Waals surface area (Å²) >= 11 is 4.81. The van der Waals surface area contributed by atoms with Crippen molar-refractivity contribution in [2.75, 3.05) is 29.5 Å². The van der Waals surface area contributed by atoms with Gasteiger partial charge in [-0.1, -0.05) is 15.9 Å². The summed E-state index contributed by atoms with van der Waals surface area (Å²) in [6.45, 7) is -0.00402. The molecule has 2 aromatic rings. The number of anilines is 2. The maximum Gasteiger partial charge on any atom is 0.324 e. The van der Waals surface area contributed by atoms with Crippen molar-refractivity contribution in [2.45, 2.75) is 11.3 Å². The van der Waals surface area contributed by atoms with Crippen LogP contribution in [-0.4, -0.2) is 47.5 Å². The van der Waals surface area contributed by atoms with Gasteiger partial charge in [0.2, 0.25) is 17.7 Å². The number of urea groups is 1. The van der Waals surface area contributed by atoms with Gasteiger partial charge in [-0.25, -0.2) is 4.79 Å². The Kier molecular flexibility index (Phi) is 7.47. The Balaban J connectivity index is 1.42. The number of carbonyl (C=O) groups excluding carboxylic acids is 4. The molecule has 0 aliphatic carbocycles. The molecule has 0 unspecified atom stereocenters. The van der Waals surface area contributed by atoms with Crippen LogP contribution in [-0.2, 0) is 14.4 Å². The van der Waals surface area contributed by atoms with E-state index in [2.05, 4.69) is 31.9 Å². The van der Waals surface area contributed by atoms with Gasteiger partial charge in [0, 0.05) is 33.7 Å². The second kappa shape index (κ2) is 10.3. The highest BCUT2D eigenvalue weighted by Gasteiger charge is 2.28. The van der Waals surface area contributed by atoms with Gasteiger partial charge in [0.05, 0.1) is 12.3 Å². The first kappa shape index (κ1) is 21.8. The van der Waals surface area contributed by atoms with Crippen molar-refractivity contribution in [1.29, 1.82) is 0 Å². The molecule has 30 heavy (non-hydrogen) atoms. The summed E-state index contributed by atoms with van der Waals surface area (Å²) in [6.07, 6.45) is 0.00489. The van der Waals surface area contributed by atoms with Crippen molar-refractivity contribution in [1.82, 2.24) is 10.2 Å². The Morgan fingerprint density at radius 3 is 2.13 bits per heavy atom. The quantitative estimate of drug-likeness (QED) is 0.389. The molecule has 0 atom stereocenters. The summed E-state index contributed by atoms with van der Waals surface area (Å²) in [4.78, 5) is 49.1. The van der Waals surface area contributed by atoms with E-state index in [1.54, 1.807) is 24.3 Å². The molecule has 0 radical (unpaired) electrons. The van der Waals surface area contributed by atoms with Gasteiger partial charge >= 0.3 is 6.03 Å². The van der Waals surface area contributed by atoms with Crippen LogP contribution in [0.15, 0.2) is 57.9 Å². The maximum atomic E-state index is 12.1. The van der Waals surface area contributed by atoms with E-state index < -0.39 is 6.03 Å². The van der Waals surface area contributed by atoms with Crippen molar-refractivity contribution in [2.24, 2.45) is 0 Å². The molecule has 0 saturated carbocycles. The van der Waals surface area contributed by atoms with Crippen LogP contribution >= 0.6 is 27.7 Å². The summed E-state index contributed by atoms with van der Waals surface area (Å²) in [7, 11) is 0. The zero-order valence-electron chi connectivity index (χ0n) is 15.8. The van der Waals surface area contributed by atoms with Crippen LogP contribution in [0.4, 0.5) is 16.2 Å². The van der Waals surface area contributed by atoms with Gasteiger partial charge in [-0.2, -0.15) is 0 Å². The minimum atomic E-state index is -0.480. The highest BCUT2D eigenvalue weighted by molar-refractivity contribution is 9.10. The molecule has 1 aliphatic rings. The van der Waals surface area contributed by atoms with Gasteiger partial charge in [-0.15, -0.1) is 11.8 Å². The standard InChI is InChI=1S/C20H19BrN4O4S/c21-13-1-7-16(8-2-13)30-12-18(27)24-15-5-3-14(4-6-15)23-17(26)9-10-25-19(28)11-22-20(25)29/h1-8H,9-12H2,(H,22,29)(H,23,26)(H,24,27). The van der Waals surface area contributed by atoms with Gasteiger partial charge in [0.25, 0.3) is 0 Å². The van der Waals surface area contributed by atoms with Gasteiger partial charge in [-0.05, 0) is 48.5 Å². The lowest BCUT2D eigenvalue weighted by atomic mass is 10.2. The number of hydrogen-bond acceptors (Lipinski definition) is 5. The lowest BCUT2D eigenvalue weighted by Crippen LogP contribution is -2.33. The van der Waals surface area contributed by atoms with E-state index in [0.717, 1.165) is 14.3 Å². The summed E-state index contributed by atoms with van der Waals surface area (Å²) in [5.41, 5.74) is 1.17. The molecule has 8 nitrogen and oxygen atoms in total. The van der Waals surface area contributed by atoms with Crippen molar-refractivity contribution >= 4 is 62.8 Å². The Morgan fingerprint density at radius 1 is 0.967 bits per heavy atom. The minimum absolute atomic E-state index is 0.00489. The van der Waals surface area contributed by atoms with E-state index in [4.69, 9.17) is 0 Å². The molecular weight excluding hydrogens is 472 g/mol. The van der Waals surface area contributed by atoms with Gasteiger partial charge in [-0.3, -0.25) is 19.3 Å². The van der Waals surface area contributed by atoms with Crippen LogP contribution < -0.4 is 16.0 Å². The fourth-order valence-electron chi connectivity index (χ4n) is 2.63. The highest BCUT2D eigenvalue weighted by atomic mass is 79.9. The second-order valence-corrected chi connectivity index (χ2v) is 8.33. The number of imide groups is 1. The normalized spacial score (nSPS) is 13.2. The number of thioether (sulfide) groups is 1. The molecule has 0 bridgehead atoms. The predicted molar refractivity (Wildman–Crippen MR) is 118 cm³/mol. The third kappa shape index (κ3) is 6.33. The molecular formula is C20H19BrN4O4S. The molecule has 156 valence electrons. The summed E-state index contributed by atoms with van der Waals surface area (Å²) in [5.74, 6) is -0.507. The number of carbonyl (C=O) groups is 4. The lowest BCUT2D eigenvalue weighted by molar-refractivity contribution is -0.125. The van der Waals surface area contributed by atoms with Crippen LogP contribution in [0, 0.1) is 0 Å². The fourth-order valence-corrected chi connectivity index (χ4v) is 3.59. The smallest absolute Gasteiger partial charge is 0.324 e. The largest absolute Gasteiger partial charge is 0.329 e. The van der Waals surface area contributed by atoms with Crippen LogP contribution in [0.3, 0.4) is 0 Å². The zero-order chi connectivity index (χ0) is 21.5. The average Bonchev–Trinajstić information content (AvgIpc) is 3.05. The van der Waals surface area contributed by atoms with E-state index in [0.29, 0.717) is 11.4 Å². The molecule has 0 spiro atoms. The zero-order valence-corrected chi connectivity index (χ0v) is 18.2. The van der Waals surface area contributed by atoms with E-state index in [1.807, 2.05) is 24.3 Å². The van der Waals surface area contributed by atoms with Gasteiger partial charge < -0.3 is 16.0 Å². The third-order valence-electron chi connectivity index (χ3n) is 4.14. The molecule has 1 fully saturated rings. The molecule has 1 aliphatic heterocycles. The predicted octanol–water partition coefficient (Wildman–Crippen LogP) is 3.06. The first-order valence-corrected chi connectivity index (χ1v) is 10.8. The van der Waals surface area contributed by atoms with E-state index >= 15 is 0 Å². The van der Waals surface area contributed by atoms with Crippen molar-refractivity contribution in [3.8, 4) is 0 Å². The Labute approximate surface area is 185 Å². The number of benzene rings is 2. The summed E-state index contributed by atoms with van der Waals surface area (Å²) in [6, 6.07) is 14.0. The van der Waals surface area contributed by atoms with Crippen molar-refractivity contribution < 1.29 is 19.2 Å². The number of rotatable bonds is 8. The van der Waals surface area contributed by atoms with Crippen LogP contribution in [0.1, 0.15) is 6.42 Å². The Hall–Kier alpha value is -2.85. The van der Waals surface area contributed by atoms with Crippen LogP contribution in [0.2, 0.25) is 0 Å². The van der Waals surface area contributed by atoms with E-state index in [9.17, 15) is 19.2 Å². The molecule has 10 heteroatoms. The van der Waals surface area contributed by atoms with E-state index in [1.165, 1.54) is 11.8 Å².